The molecule has 0 amide bonds. The lowest BCUT2D eigenvalue weighted by Crippen LogP contribution is -2.19. The average Bonchev–Trinajstić information content (AvgIpc) is 2.12. The van der Waals surface area contributed by atoms with Crippen LogP contribution >= 0.6 is 0 Å². The maximum Gasteiger partial charge on any atom is 0.122 e. The smallest absolute Gasteiger partial charge is 0.122 e. The highest BCUT2D eigenvalue weighted by molar-refractivity contribution is 5.41. The maximum absolute atomic E-state index is 5.77. The Labute approximate surface area is 92.9 Å². The summed E-state index contributed by atoms with van der Waals surface area (Å²) in [6, 6.07) is 4.30. The molecule has 0 aliphatic rings. The second-order valence-corrected chi connectivity index (χ2v) is 4.36. The molecule has 0 bridgehead atoms. The van der Waals surface area contributed by atoms with Gasteiger partial charge in [0.1, 0.15) is 12.4 Å². The molecule has 15 heavy (non-hydrogen) atoms. The van der Waals surface area contributed by atoms with E-state index in [-0.39, 0.29) is 0 Å². The molecule has 0 aliphatic heterocycles. The highest BCUT2D eigenvalue weighted by atomic mass is 16.5. The van der Waals surface area contributed by atoms with Crippen molar-refractivity contribution in [1.82, 2.24) is 4.90 Å². The molecular weight excluding hydrogens is 186 g/mol. The molecule has 0 radical (unpaired) electrons. The van der Waals surface area contributed by atoms with Crippen molar-refractivity contribution in [2.45, 2.75) is 20.8 Å². The third kappa shape index (κ3) is 3.56. The molecule has 0 aromatic heterocycles. The third-order valence-corrected chi connectivity index (χ3v) is 2.56. The summed E-state index contributed by atoms with van der Waals surface area (Å²) in [7, 11) is 4.11. The number of hydrogen-bond acceptors (Lipinski definition) is 2. The molecule has 0 atom stereocenters. The molecule has 2 heteroatoms. The molecule has 0 saturated heterocycles. The molecule has 0 N–H and O–H groups in total. The summed E-state index contributed by atoms with van der Waals surface area (Å²) >= 11 is 0. The fourth-order valence-corrected chi connectivity index (χ4v) is 1.49. The third-order valence-electron chi connectivity index (χ3n) is 2.56. The van der Waals surface area contributed by atoms with Gasteiger partial charge >= 0.3 is 0 Å². The van der Waals surface area contributed by atoms with Crippen LogP contribution in [-0.2, 0) is 0 Å². The Balaban J connectivity index is 2.68. The van der Waals surface area contributed by atoms with Crippen LogP contribution in [-0.4, -0.2) is 32.1 Å². The SMILES string of the molecule is Cc1cc(C)c(C)c(OCCN(C)C)c1. The molecule has 1 aromatic rings. The molecule has 2 nitrogen and oxygen atoms in total. The summed E-state index contributed by atoms with van der Waals surface area (Å²) in [5.74, 6) is 1.02. The fraction of sp³-hybridized carbons (Fsp3) is 0.538. The Bertz CT molecular complexity index is 332. The van der Waals surface area contributed by atoms with Gasteiger partial charge in [0.15, 0.2) is 0 Å². The lowest BCUT2D eigenvalue weighted by atomic mass is 10.1. The minimum atomic E-state index is 0.747. The summed E-state index contributed by atoms with van der Waals surface area (Å²) in [5, 5.41) is 0. The van der Waals surface area contributed by atoms with Gasteiger partial charge in [0.2, 0.25) is 0 Å². The minimum absolute atomic E-state index is 0.747. The van der Waals surface area contributed by atoms with E-state index in [9.17, 15) is 0 Å². The molecule has 0 saturated carbocycles. The molecule has 0 heterocycles. The molecule has 0 spiro atoms. The van der Waals surface area contributed by atoms with Crippen LogP contribution in [0.3, 0.4) is 0 Å². The summed E-state index contributed by atoms with van der Waals surface area (Å²) in [6.45, 7) is 8.04. The largest absolute Gasteiger partial charge is 0.492 e. The summed E-state index contributed by atoms with van der Waals surface area (Å²) in [4.78, 5) is 2.12. The first-order valence-corrected chi connectivity index (χ1v) is 5.36. The van der Waals surface area contributed by atoms with Crippen molar-refractivity contribution in [3.05, 3.63) is 28.8 Å². The Morgan fingerprint density at radius 3 is 2.40 bits per heavy atom. The molecule has 84 valence electrons. The van der Waals surface area contributed by atoms with Crippen molar-refractivity contribution in [2.75, 3.05) is 27.2 Å². The van der Waals surface area contributed by atoms with Crippen molar-refractivity contribution < 1.29 is 4.74 Å². The van der Waals surface area contributed by atoms with Crippen LogP contribution in [0.25, 0.3) is 0 Å². The van der Waals surface area contributed by atoms with Crippen LogP contribution in [0.2, 0.25) is 0 Å². The molecule has 0 aliphatic carbocycles. The maximum atomic E-state index is 5.77. The van der Waals surface area contributed by atoms with E-state index in [1.54, 1.807) is 0 Å². The Kier molecular flexibility index (Phi) is 4.15. The quantitative estimate of drug-likeness (QED) is 0.752. The highest BCUT2D eigenvalue weighted by Gasteiger charge is 2.03. The number of aryl methyl sites for hydroxylation is 2. The topological polar surface area (TPSA) is 12.5 Å². The zero-order valence-electron chi connectivity index (χ0n) is 10.4. The molecule has 1 aromatic carbocycles. The molecular formula is C13H21NO. The van der Waals surface area contributed by atoms with Crippen LogP contribution in [0.5, 0.6) is 5.75 Å². The fourth-order valence-electron chi connectivity index (χ4n) is 1.49. The lowest BCUT2D eigenvalue weighted by Gasteiger charge is -2.14. The standard InChI is InChI=1S/C13H21NO/c1-10-8-11(2)12(3)13(9-10)15-7-6-14(4)5/h8-9H,6-7H2,1-5H3. The number of hydrogen-bond donors (Lipinski definition) is 0. The van der Waals surface area contributed by atoms with Crippen molar-refractivity contribution in [2.24, 2.45) is 0 Å². The number of benzene rings is 1. The Hall–Kier alpha value is -1.02. The monoisotopic (exact) mass is 207 g/mol. The first kappa shape index (κ1) is 12.1. The highest BCUT2D eigenvalue weighted by Crippen LogP contribution is 2.23. The average molecular weight is 207 g/mol. The van der Waals surface area contributed by atoms with E-state index in [2.05, 4.69) is 51.9 Å². The number of ether oxygens (including phenoxy) is 1. The second-order valence-electron chi connectivity index (χ2n) is 4.36. The van der Waals surface area contributed by atoms with Crippen molar-refractivity contribution >= 4 is 0 Å². The summed E-state index contributed by atoms with van der Waals surface area (Å²) < 4.78 is 5.77. The van der Waals surface area contributed by atoms with Crippen molar-refractivity contribution in [1.29, 1.82) is 0 Å². The van der Waals surface area contributed by atoms with E-state index in [4.69, 9.17) is 4.74 Å². The van der Waals surface area contributed by atoms with Gasteiger partial charge in [-0.2, -0.15) is 0 Å². The van der Waals surface area contributed by atoms with Gasteiger partial charge in [0.05, 0.1) is 0 Å². The van der Waals surface area contributed by atoms with Crippen molar-refractivity contribution in [3.63, 3.8) is 0 Å². The molecule has 0 fully saturated rings. The molecule has 0 unspecified atom stereocenters. The van der Waals surface area contributed by atoms with Gasteiger partial charge in [-0.1, -0.05) is 6.07 Å². The van der Waals surface area contributed by atoms with Gasteiger partial charge in [-0.25, -0.2) is 0 Å². The van der Waals surface area contributed by atoms with E-state index in [1.165, 1.54) is 16.7 Å². The Morgan fingerprint density at radius 2 is 1.80 bits per heavy atom. The predicted molar refractivity (Wildman–Crippen MR) is 64.7 cm³/mol. The number of nitrogens with zero attached hydrogens (tertiary/aromatic N) is 1. The molecule has 1 rings (SSSR count). The lowest BCUT2D eigenvalue weighted by molar-refractivity contribution is 0.260. The first-order chi connectivity index (χ1) is 7.00. The first-order valence-electron chi connectivity index (χ1n) is 5.36. The van der Waals surface area contributed by atoms with E-state index < -0.39 is 0 Å². The number of likely N-dealkylation sites (N-methyl/N-ethyl adjacent to an activating group) is 1. The zero-order valence-corrected chi connectivity index (χ0v) is 10.4. The van der Waals surface area contributed by atoms with Crippen LogP contribution in [0.1, 0.15) is 16.7 Å². The second kappa shape index (κ2) is 5.17. The van der Waals surface area contributed by atoms with Crippen LogP contribution in [0.15, 0.2) is 12.1 Å². The van der Waals surface area contributed by atoms with Gasteiger partial charge in [0.25, 0.3) is 0 Å². The van der Waals surface area contributed by atoms with Gasteiger partial charge < -0.3 is 9.64 Å². The van der Waals surface area contributed by atoms with Gasteiger partial charge in [0, 0.05) is 6.54 Å². The summed E-state index contributed by atoms with van der Waals surface area (Å²) in [5.41, 5.74) is 3.81. The van der Waals surface area contributed by atoms with E-state index >= 15 is 0 Å². The Morgan fingerprint density at radius 1 is 1.13 bits per heavy atom. The van der Waals surface area contributed by atoms with Gasteiger partial charge in [-0.15, -0.1) is 0 Å². The van der Waals surface area contributed by atoms with E-state index in [1.807, 2.05) is 0 Å². The normalized spacial score (nSPS) is 10.8. The predicted octanol–water partition coefficient (Wildman–Crippen LogP) is 2.55. The minimum Gasteiger partial charge on any atom is -0.492 e. The van der Waals surface area contributed by atoms with Crippen molar-refractivity contribution in [3.8, 4) is 5.75 Å². The van der Waals surface area contributed by atoms with Crippen LogP contribution in [0.4, 0.5) is 0 Å². The van der Waals surface area contributed by atoms with Gasteiger partial charge in [-0.3, -0.25) is 0 Å². The van der Waals surface area contributed by atoms with Crippen LogP contribution in [0, 0.1) is 20.8 Å². The van der Waals surface area contributed by atoms with E-state index in [0.717, 1.165) is 18.9 Å². The van der Waals surface area contributed by atoms with Gasteiger partial charge in [-0.05, 0) is 57.6 Å². The summed E-state index contributed by atoms with van der Waals surface area (Å²) in [6.07, 6.45) is 0. The zero-order chi connectivity index (χ0) is 11.4. The van der Waals surface area contributed by atoms with E-state index in [0.29, 0.717) is 0 Å². The van der Waals surface area contributed by atoms with Crippen LogP contribution < -0.4 is 4.74 Å². The number of rotatable bonds is 4.